The van der Waals surface area contributed by atoms with Gasteiger partial charge in [0, 0.05) is 24.6 Å². The number of aryl methyl sites for hydroxylation is 1. The Morgan fingerprint density at radius 2 is 1.95 bits per heavy atom. The molecule has 22 heavy (non-hydrogen) atoms. The fourth-order valence-electron chi connectivity index (χ4n) is 2.95. The van der Waals surface area contributed by atoms with Crippen LogP contribution in [0.2, 0.25) is 0 Å². The van der Waals surface area contributed by atoms with Crippen molar-refractivity contribution in [2.45, 2.75) is 19.4 Å². The minimum Gasteiger partial charge on any atom is -0.508 e. The van der Waals surface area contributed by atoms with E-state index in [0.29, 0.717) is 18.0 Å². The van der Waals surface area contributed by atoms with E-state index in [9.17, 15) is 10.2 Å². The molecule has 0 bridgehead atoms. The highest BCUT2D eigenvalue weighted by atomic mass is 35.5. The lowest BCUT2D eigenvalue weighted by Crippen LogP contribution is -2.29. The van der Waals surface area contributed by atoms with Crippen molar-refractivity contribution < 1.29 is 14.9 Å². The van der Waals surface area contributed by atoms with Crippen molar-refractivity contribution in [1.82, 2.24) is 5.32 Å². The Morgan fingerprint density at radius 1 is 1.18 bits per heavy atom. The van der Waals surface area contributed by atoms with Crippen LogP contribution in [0.1, 0.15) is 28.2 Å². The largest absolute Gasteiger partial charge is 0.508 e. The number of rotatable bonds is 2. The highest BCUT2D eigenvalue weighted by Crippen LogP contribution is 2.40. The summed E-state index contributed by atoms with van der Waals surface area (Å²) in [6.07, 6.45) is 0. The molecular weight excluding hydrogens is 302 g/mol. The summed E-state index contributed by atoms with van der Waals surface area (Å²) in [5.74, 6) is 1.17. The van der Waals surface area contributed by atoms with Crippen molar-refractivity contribution >= 4 is 12.4 Å². The van der Waals surface area contributed by atoms with E-state index in [1.165, 1.54) is 0 Å². The molecule has 0 radical (unpaired) electrons. The predicted octanol–water partition coefficient (Wildman–Crippen LogP) is 3.07. The van der Waals surface area contributed by atoms with Gasteiger partial charge in [-0.05, 0) is 35.7 Å². The molecule has 0 aromatic heterocycles. The Labute approximate surface area is 136 Å². The third kappa shape index (κ3) is 2.72. The molecular formula is C17H20ClNO3. The van der Waals surface area contributed by atoms with E-state index in [4.69, 9.17) is 4.74 Å². The van der Waals surface area contributed by atoms with E-state index < -0.39 is 0 Å². The van der Waals surface area contributed by atoms with E-state index in [1.807, 2.05) is 25.1 Å². The van der Waals surface area contributed by atoms with Crippen LogP contribution >= 0.6 is 12.4 Å². The van der Waals surface area contributed by atoms with Crippen LogP contribution in [-0.2, 0) is 6.54 Å². The molecule has 1 atom stereocenters. The van der Waals surface area contributed by atoms with Crippen molar-refractivity contribution in [3.8, 4) is 17.2 Å². The van der Waals surface area contributed by atoms with Crippen LogP contribution in [0.5, 0.6) is 17.2 Å². The molecule has 1 unspecified atom stereocenters. The fourth-order valence-corrected chi connectivity index (χ4v) is 2.95. The van der Waals surface area contributed by atoms with Crippen LogP contribution < -0.4 is 10.1 Å². The minimum atomic E-state index is 0. The van der Waals surface area contributed by atoms with Gasteiger partial charge in [-0.3, -0.25) is 0 Å². The summed E-state index contributed by atoms with van der Waals surface area (Å²) in [5.41, 5.74) is 3.98. The van der Waals surface area contributed by atoms with Gasteiger partial charge in [0.25, 0.3) is 0 Å². The molecule has 0 aliphatic carbocycles. The fraction of sp³-hybridized carbons (Fsp3) is 0.294. The van der Waals surface area contributed by atoms with E-state index in [2.05, 4.69) is 5.32 Å². The summed E-state index contributed by atoms with van der Waals surface area (Å²) in [7, 11) is 1.55. The first-order chi connectivity index (χ1) is 10.1. The van der Waals surface area contributed by atoms with E-state index in [-0.39, 0.29) is 24.1 Å². The van der Waals surface area contributed by atoms with Gasteiger partial charge in [0.2, 0.25) is 0 Å². The van der Waals surface area contributed by atoms with Gasteiger partial charge in [0.05, 0.1) is 7.11 Å². The lowest BCUT2D eigenvalue weighted by Gasteiger charge is -2.28. The van der Waals surface area contributed by atoms with Gasteiger partial charge in [-0.25, -0.2) is 0 Å². The number of halogens is 1. The van der Waals surface area contributed by atoms with Gasteiger partial charge in [-0.1, -0.05) is 18.2 Å². The first-order valence-electron chi connectivity index (χ1n) is 7.00. The molecule has 1 aliphatic rings. The topological polar surface area (TPSA) is 61.7 Å². The monoisotopic (exact) mass is 321 g/mol. The summed E-state index contributed by atoms with van der Waals surface area (Å²) in [6.45, 7) is 3.33. The molecule has 1 heterocycles. The van der Waals surface area contributed by atoms with Crippen molar-refractivity contribution in [3.63, 3.8) is 0 Å². The highest BCUT2D eigenvalue weighted by molar-refractivity contribution is 5.85. The Kier molecular flexibility index (Phi) is 4.84. The molecule has 2 aromatic rings. The second-order valence-electron chi connectivity index (χ2n) is 5.41. The van der Waals surface area contributed by atoms with Crippen LogP contribution in [0, 0.1) is 6.92 Å². The van der Waals surface area contributed by atoms with Gasteiger partial charge in [0.15, 0.2) is 11.5 Å². The summed E-state index contributed by atoms with van der Waals surface area (Å²) in [4.78, 5) is 0. The summed E-state index contributed by atoms with van der Waals surface area (Å²) < 4.78 is 5.18. The minimum absolute atomic E-state index is 0. The third-order valence-electron chi connectivity index (χ3n) is 4.15. The molecule has 0 saturated carbocycles. The zero-order chi connectivity index (χ0) is 15.0. The number of aromatic hydroxyl groups is 2. The van der Waals surface area contributed by atoms with Crippen molar-refractivity contribution in [2.24, 2.45) is 0 Å². The van der Waals surface area contributed by atoms with Gasteiger partial charge in [-0.15, -0.1) is 12.4 Å². The Bertz CT molecular complexity index is 688. The van der Waals surface area contributed by atoms with Gasteiger partial charge in [0.1, 0.15) is 5.75 Å². The van der Waals surface area contributed by atoms with Crippen LogP contribution in [0.4, 0.5) is 0 Å². The van der Waals surface area contributed by atoms with Crippen molar-refractivity contribution in [1.29, 1.82) is 0 Å². The first-order valence-corrected chi connectivity index (χ1v) is 7.00. The summed E-state index contributed by atoms with van der Waals surface area (Å²) >= 11 is 0. The van der Waals surface area contributed by atoms with E-state index in [1.54, 1.807) is 19.2 Å². The van der Waals surface area contributed by atoms with Crippen LogP contribution in [0.15, 0.2) is 30.3 Å². The Balaban J connectivity index is 0.00000176. The number of hydrogen-bond acceptors (Lipinski definition) is 4. The molecule has 3 N–H and O–H groups in total. The SMILES string of the molecule is COc1ccc2c(c1O)CNCC2c1ccc(O)c(C)c1.Cl. The Morgan fingerprint density at radius 3 is 2.64 bits per heavy atom. The number of fused-ring (bicyclic) bond motifs is 1. The zero-order valence-corrected chi connectivity index (χ0v) is 13.4. The smallest absolute Gasteiger partial charge is 0.162 e. The van der Waals surface area contributed by atoms with Crippen molar-refractivity contribution in [3.05, 3.63) is 52.6 Å². The summed E-state index contributed by atoms with van der Waals surface area (Å²) in [5, 5.41) is 23.3. The maximum absolute atomic E-state index is 10.3. The molecule has 3 rings (SSSR count). The average Bonchev–Trinajstić information content (AvgIpc) is 2.50. The number of methoxy groups -OCH3 is 1. The van der Waals surface area contributed by atoms with Crippen LogP contribution in [0.3, 0.4) is 0 Å². The van der Waals surface area contributed by atoms with Gasteiger partial charge < -0.3 is 20.3 Å². The maximum Gasteiger partial charge on any atom is 0.162 e. The standard InChI is InChI=1S/C17H19NO3.ClH/c1-10-7-11(3-5-15(10)19)13-8-18-9-14-12(13)4-6-16(21-2)17(14)20;/h3-7,13,18-20H,8-9H2,1-2H3;1H. The van der Waals surface area contributed by atoms with Gasteiger partial charge in [-0.2, -0.15) is 0 Å². The molecule has 0 amide bonds. The molecule has 5 heteroatoms. The zero-order valence-electron chi connectivity index (χ0n) is 12.6. The quantitative estimate of drug-likeness (QED) is 0.795. The van der Waals surface area contributed by atoms with Gasteiger partial charge >= 0.3 is 0 Å². The number of hydrogen-bond donors (Lipinski definition) is 3. The molecule has 1 aliphatic heterocycles. The average molecular weight is 322 g/mol. The molecule has 0 spiro atoms. The molecule has 4 nitrogen and oxygen atoms in total. The third-order valence-corrected chi connectivity index (χ3v) is 4.15. The first kappa shape index (κ1) is 16.5. The van der Waals surface area contributed by atoms with Crippen molar-refractivity contribution in [2.75, 3.05) is 13.7 Å². The number of phenols is 2. The maximum atomic E-state index is 10.3. The lowest BCUT2D eigenvalue weighted by molar-refractivity contribution is 0.367. The van der Waals surface area contributed by atoms with Crippen LogP contribution in [-0.4, -0.2) is 23.9 Å². The summed E-state index contributed by atoms with van der Waals surface area (Å²) in [6, 6.07) is 9.48. The lowest BCUT2D eigenvalue weighted by atomic mass is 9.84. The molecule has 2 aromatic carbocycles. The predicted molar refractivity (Wildman–Crippen MR) is 88.3 cm³/mol. The Hall–Kier alpha value is -1.91. The number of ether oxygens (including phenoxy) is 1. The second-order valence-corrected chi connectivity index (χ2v) is 5.41. The second kappa shape index (κ2) is 6.46. The van der Waals surface area contributed by atoms with Crippen LogP contribution in [0.25, 0.3) is 0 Å². The number of phenolic OH excluding ortho intramolecular Hbond substituents is 2. The highest BCUT2D eigenvalue weighted by Gasteiger charge is 2.25. The molecule has 0 saturated heterocycles. The number of benzene rings is 2. The van der Waals surface area contributed by atoms with E-state index >= 15 is 0 Å². The molecule has 0 fully saturated rings. The van der Waals surface area contributed by atoms with E-state index in [0.717, 1.165) is 28.8 Å². The molecule has 118 valence electrons. The number of nitrogens with one attached hydrogen (secondary N) is 1. The normalized spacial score (nSPS) is 16.5.